The summed E-state index contributed by atoms with van der Waals surface area (Å²) in [7, 11) is 0. The molecule has 90 valence electrons. The van der Waals surface area contributed by atoms with Crippen LogP contribution in [0.3, 0.4) is 0 Å². The lowest BCUT2D eigenvalue weighted by molar-refractivity contribution is -0.127. The molecule has 3 unspecified atom stereocenters. The predicted octanol–water partition coefficient (Wildman–Crippen LogP) is 1.29. The van der Waals surface area contributed by atoms with Gasteiger partial charge in [0.05, 0.1) is 0 Å². The largest absolute Gasteiger partial charge is 0.353 e. The van der Waals surface area contributed by atoms with E-state index in [4.69, 9.17) is 0 Å². The lowest BCUT2D eigenvalue weighted by atomic mass is 9.88. The first-order valence-corrected chi connectivity index (χ1v) is 6.84. The van der Waals surface area contributed by atoms with E-state index in [1.54, 1.807) is 0 Å². The number of carbonyl (C=O) groups excluding carboxylic acids is 1. The molecule has 3 rings (SSSR count). The highest BCUT2D eigenvalue weighted by molar-refractivity contribution is 5.79. The summed E-state index contributed by atoms with van der Waals surface area (Å²) in [5, 5.41) is 6.60. The fraction of sp³-hybridized carbons (Fsp3) is 0.923. The van der Waals surface area contributed by atoms with Crippen LogP contribution in [0.1, 0.15) is 38.5 Å². The van der Waals surface area contributed by atoms with E-state index in [0.717, 1.165) is 31.8 Å². The van der Waals surface area contributed by atoms with Gasteiger partial charge in [0.25, 0.3) is 0 Å². The van der Waals surface area contributed by atoms with E-state index in [1.807, 2.05) is 0 Å². The third kappa shape index (κ3) is 1.97. The second-order valence-corrected chi connectivity index (χ2v) is 5.81. The van der Waals surface area contributed by atoms with E-state index in [1.165, 1.54) is 25.7 Å². The van der Waals surface area contributed by atoms with Gasteiger partial charge in [-0.1, -0.05) is 6.42 Å². The fourth-order valence-electron chi connectivity index (χ4n) is 3.84. The lowest BCUT2D eigenvalue weighted by Crippen LogP contribution is -2.45. The van der Waals surface area contributed by atoms with E-state index >= 15 is 0 Å². The van der Waals surface area contributed by atoms with E-state index in [2.05, 4.69) is 10.6 Å². The summed E-state index contributed by atoms with van der Waals surface area (Å²) in [6.07, 6.45) is 7.38. The summed E-state index contributed by atoms with van der Waals surface area (Å²) in [5.74, 6) is 2.30. The van der Waals surface area contributed by atoms with Crippen LogP contribution in [-0.4, -0.2) is 25.0 Å². The zero-order valence-electron chi connectivity index (χ0n) is 9.87. The van der Waals surface area contributed by atoms with E-state index < -0.39 is 0 Å². The van der Waals surface area contributed by atoms with Gasteiger partial charge in [-0.2, -0.15) is 0 Å². The van der Waals surface area contributed by atoms with Crippen LogP contribution in [0, 0.1) is 17.8 Å². The predicted molar refractivity (Wildman–Crippen MR) is 63.0 cm³/mol. The van der Waals surface area contributed by atoms with Crippen molar-refractivity contribution in [3.8, 4) is 0 Å². The van der Waals surface area contributed by atoms with Crippen molar-refractivity contribution in [2.45, 2.75) is 44.6 Å². The van der Waals surface area contributed by atoms with E-state index in [9.17, 15) is 4.79 Å². The average Bonchev–Trinajstić information content (AvgIpc) is 2.92. The topological polar surface area (TPSA) is 41.1 Å². The average molecular weight is 222 g/mol. The van der Waals surface area contributed by atoms with Gasteiger partial charge < -0.3 is 10.6 Å². The van der Waals surface area contributed by atoms with Crippen LogP contribution < -0.4 is 10.6 Å². The molecule has 3 fully saturated rings. The van der Waals surface area contributed by atoms with E-state index in [-0.39, 0.29) is 0 Å². The molecule has 16 heavy (non-hydrogen) atoms. The van der Waals surface area contributed by atoms with Gasteiger partial charge in [-0.25, -0.2) is 0 Å². The van der Waals surface area contributed by atoms with Crippen molar-refractivity contribution in [2.24, 2.45) is 17.8 Å². The van der Waals surface area contributed by atoms with Gasteiger partial charge in [0.15, 0.2) is 0 Å². The molecule has 1 aliphatic heterocycles. The summed E-state index contributed by atoms with van der Waals surface area (Å²) in [6.45, 7) is 2.11. The molecular weight excluding hydrogens is 200 g/mol. The monoisotopic (exact) mass is 222 g/mol. The second-order valence-electron chi connectivity index (χ2n) is 5.81. The number of amides is 1. The van der Waals surface area contributed by atoms with Crippen molar-refractivity contribution in [1.29, 1.82) is 0 Å². The normalized spacial score (nSPS) is 38.9. The molecule has 3 nitrogen and oxygen atoms in total. The summed E-state index contributed by atoms with van der Waals surface area (Å²) in [6, 6.07) is 0.438. The summed E-state index contributed by atoms with van der Waals surface area (Å²) < 4.78 is 0. The molecule has 0 aromatic rings. The molecule has 1 heterocycles. The number of hydrogen-bond acceptors (Lipinski definition) is 2. The molecule has 3 heteroatoms. The van der Waals surface area contributed by atoms with Gasteiger partial charge in [-0.05, 0) is 57.0 Å². The minimum atomic E-state index is 0.355. The standard InChI is InChI=1S/C13H22N2O/c16-13(15-11-3-5-14-6-4-11)12-8-9-1-2-10(12)7-9/h9-12,14H,1-8H2,(H,15,16). The molecule has 1 amide bonds. The van der Waals surface area contributed by atoms with Crippen molar-refractivity contribution >= 4 is 5.91 Å². The van der Waals surface area contributed by atoms with Crippen LogP contribution in [0.2, 0.25) is 0 Å². The van der Waals surface area contributed by atoms with Crippen LogP contribution in [0.5, 0.6) is 0 Å². The van der Waals surface area contributed by atoms with Crippen molar-refractivity contribution < 1.29 is 4.79 Å². The molecule has 2 bridgehead atoms. The molecule has 3 aliphatic rings. The number of nitrogens with one attached hydrogen (secondary N) is 2. The third-order valence-electron chi connectivity index (χ3n) is 4.76. The molecule has 0 radical (unpaired) electrons. The first kappa shape index (κ1) is 10.6. The molecule has 0 aromatic carbocycles. The molecule has 2 aliphatic carbocycles. The maximum atomic E-state index is 12.2. The smallest absolute Gasteiger partial charge is 0.223 e. The van der Waals surface area contributed by atoms with Crippen molar-refractivity contribution in [3.05, 3.63) is 0 Å². The van der Waals surface area contributed by atoms with Crippen LogP contribution in [0.25, 0.3) is 0 Å². The Bertz CT molecular complexity index is 273. The second kappa shape index (κ2) is 4.36. The Hall–Kier alpha value is -0.570. The van der Waals surface area contributed by atoms with Gasteiger partial charge in [0, 0.05) is 12.0 Å². The number of carbonyl (C=O) groups is 1. The fourth-order valence-corrected chi connectivity index (χ4v) is 3.84. The van der Waals surface area contributed by atoms with Gasteiger partial charge in [0.1, 0.15) is 0 Å². The number of hydrogen-bond donors (Lipinski definition) is 2. The number of rotatable bonds is 2. The highest BCUT2D eigenvalue weighted by atomic mass is 16.2. The summed E-state index contributed by atoms with van der Waals surface area (Å²) in [4.78, 5) is 12.2. The Kier molecular flexibility index (Phi) is 2.88. The molecular formula is C13H22N2O. The molecule has 2 N–H and O–H groups in total. The van der Waals surface area contributed by atoms with Crippen molar-refractivity contribution in [3.63, 3.8) is 0 Å². The summed E-state index contributed by atoms with van der Waals surface area (Å²) >= 11 is 0. The summed E-state index contributed by atoms with van der Waals surface area (Å²) in [5.41, 5.74) is 0. The van der Waals surface area contributed by atoms with E-state index in [0.29, 0.717) is 23.8 Å². The zero-order valence-corrected chi connectivity index (χ0v) is 9.87. The third-order valence-corrected chi connectivity index (χ3v) is 4.76. The molecule has 0 aromatic heterocycles. The van der Waals surface area contributed by atoms with Crippen molar-refractivity contribution in [1.82, 2.24) is 10.6 Å². The Morgan fingerprint density at radius 1 is 1.06 bits per heavy atom. The minimum Gasteiger partial charge on any atom is -0.353 e. The first-order valence-electron chi connectivity index (χ1n) is 6.84. The van der Waals surface area contributed by atoms with Crippen molar-refractivity contribution in [2.75, 3.05) is 13.1 Å². The highest BCUT2D eigenvalue weighted by Gasteiger charge is 2.43. The Labute approximate surface area is 97.4 Å². The van der Waals surface area contributed by atoms with Gasteiger partial charge in [-0.15, -0.1) is 0 Å². The zero-order chi connectivity index (χ0) is 11.0. The maximum Gasteiger partial charge on any atom is 0.223 e. The lowest BCUT2D eigenvalue weighted by Gasteiger charge is -2.27. The minimum absolute atomic E-state index is 0.355. The SMILES string of the molecule is O=C(NC1CCNCC1)C1CC2CCC1C2. The van der Waals surface area contributed by atoms with Crippen LogP contribution in [-0.2, 0) is 4.79 Å². The van der Waals surface area contributed by atoms with Gasteiger partial charge >= 0.3 is 0 Å². The highest BCUT2D eigenvalue weighted by Crippen LogP contribution is 2.48. The van der Waals surface area contributed by atoms with Crippen LogP contribution >= 0.6 is 0 Å². The molecule has 3 atom stereocenters. The van der Waals surface area contributed by atoms with Crippen LogP contribution in [0.4, 0.5) is 0 Å². The molecule has 1 saturated heterocycles. The van der Waals surface area contributed by atoms with Gasteiger partial charge in [-0.3, -0.25) is 4.79 Å². The Morgan fingerprint density at radius 3 is 2.50 bits per heavy atom. The number of piperidine rings is 1. The maximum absolute atomic E-state index is 12.2. The Morgan fingerprint density at radius 2 is 1.88 bits per heavy atom. The molecule has 0 spiro atoms. The quantitative estimate of drug-likeness (QED) is 0.739. The Balaban J connectivity index is 1.53. The molecule has 2 saturated carbocycles. The van der Waals surface area contributed by atoms with Crippen LogP contribution in [0.15, 0.2) is 0 Å². The van der Waals surface area contributed by atoms with Gasteiger partial charge in [0.2, 0.25) is 5.91 Å². The number of fused-ring (bicyclic) bond motifs is 2. The first-order chi connectivity index (χ1) is 7.83.